The first-order valence-electron chi connectivity index (χ1n) is 3.56. The fourth-order valence-electron chi connectivity index (χ4n) is 0.534. The summed E-state index contributed by atoms with van der Waals surface area (Å²) >= 11 is 0. The van der Waals surface area contributed by atoms with Crippen LogP contribution in [0.4, 0.5) is 0 Å². The average molecular weight is 132 g/mol. The molecule has 0 heteroatoms. The fourth-order valence-corrected chi connectivity index (χ4v) is 0.534. The summed E-state index contributed by atoms with van der Waals surface area (Å²) in [6.07, 6.45) is 5.50. The van der Waals surface area contributed by atoms with Gasteiger partial charge in [-0.25, -0.2) is 0 Å². The third kappa shape index (κ3) is 3.90. The SMILES string of the molecule is C1=CC1.Cc1ccccc1. The molecule has 0 amide bonds. The zero-order valence-electron chi connectivity index (χ0n) is 6.25. The molecule has 52 valence electrons. The van der Waals surface area contributed by atoms with E-state index in [4.69, 9.17) is 0 Å². The Balaban J connectivity index is 0.000000138. The van der Waals surface area contributed by atoms with Gasteiger partial charge in [0.05, 0.1) is 0 Å². The Bertz CT molecular complexity index is 193. The summed E-state index contributed by atoms with van der Waals surface area (Å²) in [5.74, 6) is 0. The van der Waals surface area contributed by atoms with Crippen molar-refractivity contribution < 1.29 is 0 Å². The molecule has 0 spiro atoms. The zero-order valence-corrected chi connectivity index (χ0v) is 6.25. The van der Waals surface area contributed by atoms with Gasteiger partial charge in [0.15, 0.2) is 0 Å². The molecule has 0 N–H and O–H groups in total. The highest BCUT2D eigenvalue weighted by Crippen LogP contribution is 1.96. The first-order chi connectivity index (χ1) is 4.89. The Morgan fingerprint density at radius 3 is 1.70 bits per heavy atom. The number of benzene rings is 1. The van der Waals surface area contributed by atoms with Crippen LogP contribution in [0.1, 0.15) is 12.0 Å². The maximum atomic E-state index is 2.12. The van der Waals surface area contributed by atoms with E-state index in [0.29, 0.717) is 0 Å². The van der Waals surface area contributed by atoms with Gasteiger partial charge in [-0.1, -0.05) is 48.0 Å². The Kier molecular flexibility index (Phi) is 2.75. The number of allylic oxidation sites excluding steroid dienone is 2. The normalized spacial score (nSPS) is 11.7. The Hall–Kier alpha value is -1.04. The highest BCUT2D eigenvalue weighted by atomic mass is 13.8. The molecule has 1 aliphatic carbocycles. The van der Waals surface area contributed by atoms with E-state index in [1.54, 1.807) is 0 Å². The molecular formula is C10H12. The fraction of sp³-hybridized carbons (Fsp3) is 0.200. The lowest BCUT2D eigenvalue weighted by molar-refractivity contribution is 1.48. The van der Waals surface area contributed by atoms with Gasteiger partial charge in [-0.2, -0.15) is 0 Å². The van der Waals surface area contributed by atoms with Crippen molar-refractivity contribution in [2.24, 2.45) is 0 Å². The molecule has 2 rings (SSSR count). The van der Waals surface area contributed by atoms with Crippen LogP contribution in [0.5, 0.6) is 0 Å². The van der Waals surface area contributed by atoms with E-state index in [0.717, 1.165) is 0 Å². The van der Waals surface area contributed by atoms with Gasteiger partial charge in [-0.15, -0.1) is 0 Å². The van der Waals surface area contributed by atoms with Crippen molar-refractivity contribution in [1.82, 2.24) is 0 Å². The number of aryl methyl sites for hydroxylation is 1. The second-order valence-electron chi connectivity index (χ2n) is 2.36. The first kappa shape index (κ1) is 7.07. The maximum Gasteiger partial charge on any atom is -0.0169 e. The van der Waals surface area contributed by atoms with Gasteiger partial charge < -0.3 is 0 Å². The van der Waals surface area contributed by atoms with Gasteiger partial charge in [-0.3, -0.25) is 0 Å². The van der Waals surface area contributed by atoms with Gasteiger partial charge in [0.1, 0.15) is 0 Å². The van der Waals surface area contributed by atoms with E-state index in [1.807, 2.05) is 18.2 Å². The lowest BCUT2D eigenvalue weighted by Crippen LogP contribution is -1.62. The Morgan fingerprint density at radius 1 is 1.00 bits per heavy atom. The molecule has 0 atom stereocenters. The predicted molar refractivity (Wildman–Crippen MR) is 44.9 cm³/mol. The molecule has 0 heterocycles. The molecule has 1 aliphatic rings. The minimum atomic E-state index is 1.25. The molecule has 1 aromatic rings. The summed E-state index contributed by atoms with van der Waals surface area (Å²) in [5.41, 5.74) is 1.32. The third-order valence-electron chi connectivity index (χ3n) is 1.18. The van der Waals surface area contributed by atoms with Crippen LogP contribution in [-0.2, 0) is 0 Å². The minimum Gasteiger partial charge on any atom is -0.0844 e. The van der Waals surface area contributed by atoms with Gasteiger partial charge in [0, 0.05) is 0 Å². The van der Waals surface area contributed by atoms with Crippen molar-refractivity contribution in [3.8, 4) is 0 Å². The van der Waals surface area contributed by atoms with E-state index in [9.17, 15) is 0 Å². The molecule has 0 aliphatic heterocycles. The van der Waals surface area contributed by atoms with Crippen molar-refractivity contribution >= 4 is 0 Å². The first-order valence-corrected chi connectivity index (χ1v) is 3.56. The highest BCUT2D eigenvalue weighted by Gasteiger charge is 1.75. The summed E-state index contributed by atoms with van der Waals surface area (Å²) in [6, 6.07) is 10.3. The van der Waals surface area contributed by atoms with Crippen LogP contribution in [0.15, 0.2) is 42.5 Å². The van der Waals surface area contributed by atoms with Crippen molar-refractivity contribution in [3.63, 3.8) is 0 Å². The van der Waals surface area contributed by atoms with Gasteiger partial charge in [0.25, 0.3) is 0 Å². The quantitative estimate of drug-likeness (QED) is 0.476. The largest absolute Gasteiger partial charge is 0.0844 e. The van der Waals surface area contributed by atoms with Gasteiger partial charge in [0.2, 0.25) is 0 Å². The van der Waals surface area contributed by atoms with Crippen LogP contribution in [0.3, 0.4) is 0 Å². The van der Waals surface area contributed by atoms with Crippen LogP contribution >= 0.6 is 0 Å². The Morgan fingerprint density at radius 2 is 1.50 bits per heavy atom. The minimum absolute atomic E-state index is 1.25. The summed E-state index contributed by atoms with van der Waals surface area (Å²) in [4.78, 5) is 0. The summed E-state index contributed by atoms with van der Waals surface area (Å²) in [7, 11) is 0. The van der Waals surface area contributed by atoms with Crippen LogP contribution in [0.2, 0.25) is 0 Å². The molecule has 0 bridgehead atoms. The lowest BCUT2D eigenvalue weighted by atomic mass is 10.2. The molecule has 0 aromatic heterocycles. The molecule has 0 unspecified atom stereocenters. The van der Waals surface area contributed by atoms with Gasteiger partial charge >= 0.3 is 0 Å². The second-order valence-corrected chi connectivity index (χ2v) is 2.36. The smallest absolute Gasteiger partial charge is 0.0169 e. The van der Waals surface area contributed by atoms with Crippen LogP contribution < -0.4 is 0 Å². The molecule has 0 saturated carbocycles. The zero-order chi connectivity index (χ0) is 7.23. The monoisotopic (exact) mass is 132 g/mol. The highest BCUT2D eigenvalue weighted by molar-refractivity contribution is 5.11. The lowest BCUT2D eigenvalue weighted by Gasteiger charge is -1.82. The summed E-state index contributed by atoms with van der Waals surface area (Å²) in [5, 5.41) is 0. The predicted octanol–water partition coefficient (Wildman–Crippen LogP) is 2.94. The van der Waals surface area contributed by atoms with E-state index in [1.165, 1.54) is 12.0 Å². The van der Waals surface area contributed by atoms with E-state index in [2.05, 4.69) is 31.2 Å². The molecule has 10 heavy (non-hydrogen) atoms. The molecule has 0 saturated heterocycles. The molecule has 1 aromatic carbocycles. The molecule has 0 fully saturated rings. The van der Waals surface area contributed by atoms with Crippen LogP contribution in [0.25, 0.3) is 0 Å². The van der Waals surface area contributed by atoms with Crippen molar-refractivity contribution in [1.29, 1.82) is 0 Å². The molecule has 0 radical (unpaired) electrons. The third-order valence-corrected chi connectivity index (χ3v) is 1.18. The standard InChI is InChI=1S/C7H8.C3H4/c1-7-5-3-2-4-6-7;1-2-3-1/h2-6H,1H3;1-2H,3H2. The topological polar surface area (TPSA) is 0 Å². The number of hydrogen-bond donors (Lipinski definition) is 0. The summed E-state index contributed by atoms with van der Waals surface area (Å²) < 4.78 is 0. The van der Waals surface area contributed by atoms with E-state index >= 15 is 0 Å². The number of hydrogen-bond acceptors (Lipinski definition) is 0. The van der Waals surface area contributed by atoms with E-state index in [-0.39, 0.29) is 0 Å². The average Bonchev–Trinajstić information content (AvgIpc) is 2.73. The van der Waals surface area contributed by atoms with Crippen molar-refractivity contribution in [3.05, 3.63) is 48.0 Å². The number of rotatable bonds is 0. The second kappa shape index (κ2) is 3.89. The molecular weight excluding hydrogens is 120 g/mol. The van der Waals surface area contributed by atoms with Crippen LogP contribution in [0, 0.1) is 6.92 Å². The van der Waals surface area contributed by atoms with Crippen molar-refractivity contribution in [2.75, 3.05) is 0 Å². The van der Waals surface area contributed by atoms with E-state index < -0.39 is 0 Å². The van der Waals surface area contributed by atoms with Crippen molar-refractivity contribution in [2.45, 2.75) is 13.3 Å². The van der Waals surface area contributed by atoms with Gasteiger partial charge in [-0.05, 0) is 13.3 Å². The molecule has 0 nitrogen and oxygen atoms in total. The Labute approximate surface area is 62.2 Å². The summed E-state index contributed by atoms with van der Waals surface area (Å²) in [6.45, 7) is 2.08. The van der Waals surface area contributed by atoms with Crippen LogP contribution in [-0.4, -0.2) is 0 Å². The maximum absolute atomic E-state index is 2.12.